The van der Waals surface area contributed by atoms with Crippen LogP contribution in [0.2, 0.25) is 0 Å². The Morgan fingerprint density at radius 3 is 2.72 bits per heavy atom. The highest BCUT2D eigenvalue weighted by Crippen LogP contribution is 2.26. The number of hydrogen-bond acceptors (Lipinski definition) is 5. The second kappa shape index (κ2) is 7.02. The molecule has 0 spiro atoms. The van der Waals surface area contributed by atoms with Crippen molar-refractivity contribution >= 4 is 11.9 Å². The summed E-state index contributed by atoms with van der Waals surface area (Å²) in [5.74, 6) is -1.09. The summed E-state index contributed by atoms with van der Waals surface area (Å²) >= 11 is 0. The number of rotatable bonds is 4. The van der Waals surface area contributed by atoms with Gasteiger partial charge in [-0.2, -0.15) is 5.10 Å². The number of carboxylic acids is 1. The van der Waals surface area contributed by atoms with Gasteiger partial charge in [-0.15, -0.1) is 0 Å². The molecule has 0 radical (unpaired) electrons. The molecule has 1 aliphatic rings. The van der Waals surface area contributed by atoms with Crippen LogP contribution in [0.1, 0.15) is 21.6 Å². The van der Waals surface area contributed by atoms with Crippen molar-refractivity contribution in [1.82, 2.24) is 19.7 Å². The van der Waals surface area contributed by atoms with Crippen LogP contribution in [0.25, 0.3) is 11.4 Å². The van der Waals surface area contributed by atoms with E-state index in [9.17, 15) is 14.7 Å². The molecule has 0 saturated carbocycles. The number of carboxylic acid groups (broad SMARTS) is 1. The molecule has 8 heteroatoms. The highest BCUT2D eigenvalue weighted by molar-refractivity contribution is 5.94. The molecular weight excluding hydrogens is 324 g/mol. The van der Waals surface area contributed by atoms with E-state index in [0.717, 1.165) is 11.3 Å². The molecule has 3 rings (SSSR count). The molecule has 0 bridgehead atoms. The molecule has 0 atom stereocenters. The zero-order valence-corrected chi connectivity index (χ0v) is 14.2. The van der Waals surface area contributed by atoms with E-state index >= 15 is 0 Å². The molecule has 1 N–H and O–H groups in total. The Morgan fingerprint density at radius 1 is 1.32 bits per heavy atom. The minimum Gasteiger partial charge on any atom is -0.478 e. The zero-order valence-electron chi connectivity index (χ0n) is 14.2. The van der Waals surface area contributed by atoms with Crippen LogP contribution < -0.4 is 0 Å². The van der Waals surface area contributed by atoms with Crippen molar-refractivity contribution in [3.8, 4) is 11.4 Å². The smallest absolute Gasteiger partial charge is 0.337 e. The van der Waals surface area contributed by atoms with Gasteiger partial charge in [-0.25, -0.2) is 9.78 Å². The van der Waals surface area contributed by atoms with E-state index in [4.69, 9.17) is 4.74 Å². The molecule has 1 aliphatic heterocycles. The van der Waals surface area contributed by atoms with Gasteiger partial charge in [0.05, 0.1) is 11.3 Å². The van der Waals surface area contributed by atoms with Crippen LogP contribution >= 0.6 is 0 Å². The fourth-order valence-corrected chi connectivity index (χ4v) is 3.06. The zero-order chi connectivity index (χ0) is 18.0. The third-order valence-electron chi connectivity index (χ3n) is 4.38. The molecule has 2 aromatic rings. The fraction of sp³-hybridized carbons (Fsp3) is 0.412. The van der Waals surface area contributed by atoms with Crippen LogP contribution in [-0.2, 0) is 29.4 Å². The van der Waals surface area contributed by atoms with Crippen molar-refractivity contribution < 1.29 is 19.4 Å². The number of nitrogens with zero attached hydrogens (tertiary/aromatic N) is 4. The van der Waals surface area contributed by atoms with Crippen LogP contribution in [0.15, 0.2) is 18.3 Å². The lowest BCUT2D eigenvalue weighted by Crippen LogP contribution is -2.35. The summed E-state index contributed by atoms with van der Waals surface area (Å²) in [5.41, 5.74) is 2.91. The SMILES string of the molecule is COCC(=O)N1CCc2cc(C(=O)O)c(-c3ccnn3C)nc2CC1. The van der Waals surface area contributed by atoms with Crippen molar-refractivity contribution in [2.24, 2.45) is 7.05 Å². The second-order valence-electron chi connectivity index (χ2n) is 5.95. The first-order valence-electron chi connectivity index (χ1n) is 8.02. The number of aryl methyl sites for hydroxylation is 1. The Bertz CT molecular complexity index is 815. The van der Waals surface area contributed by atoms with Gasteiger partial charge in [0.2, 0.25) is 5.91 Å². The van der Waals surface area contributed by atoms with Gasteiger partial charge >= 0.3 is 5.97 Å². The molecule has 0 aliphatic carbocycles. The first-order valence-corrected chi connectivity index (χ1v) is 8.02. The van der Waals surface area contributed by atoms with Gasteiger partial charge in [0.25, 0.3) is 0 Å². The van der Waals surface area contributed by atoms with Gasteiger partial charge in [0.15, 0.2) is 0 Å². The molecule has 0 aromatic carbocycles. The van der Waals surface area contributed by atoms with E-state index < -0.39 is 5.97 Å². The molecule has 2 aromatic heterocycles. The average Bonchev–Trinajstić information content (AvgIpc) is 2.89. The highest BCUT2D eigenvalue weighted by Gasteiger charge is 2.24. The van der Waals surface area contributed by atoms with E-state index in [0.29, 0.717) is 37.3 Å². The maximum Gasteiger partial charge on any atom is 0.337 e. The molecular formula is C17H20N4O4. The van der Waals surface area contributed by atoms with E-state index in [1.54, 1.807) is 35.0 Å². The van der Waals surface area contributed by atoms with E-state index in [1.807, 2.05) is 0 Å². The number of hydrogen-bond donors (Lipinski definition) is 1. The van der Waals surface area contributed by atoms with Gasteiger partial charge in [-0.1, -0.05) is 0 Å². The topological polar surface area (TPSA) is 97.5 Å². The predicted octanol–water partition coefficient (Wildman–Crippen LogP) is 0.754. The molecule has 8 nitrogen and oxygen atoms in total. The van der Waals surface area contributed by atoms with Crippen molar-refractivity contribution in [1.29, 1.82) is 0 Å². The lowest BCUT2D eigenvalue weighted by atomic mass is 10.0. The predicted molar refractivity (Wildman–Crippen MR) is 89.3 cm³/mol. The number of pyridine rings is 1. The summed E-state index contributed by atoms with van der Waals surface area (Å²) in [4.78, 5) is 30.1. The Balaban J connectivity index is 1.98. The Hall–Kier alpha value is -2.74. The number of aromatic nitrogens is 3. The van der Waals surface area contributed by atoms with Gasteiger partial charge in [-0.3, -0.25) is 9.48 Å². The number of amides is 1. The molecule has 3 heterocycles. The van der Waals surface area contributed by atoms with Gasteiger partial charge in [0, 0.05) is 45.6 Å². The average molecular weight is 344 g/mol. The summed E-state index contributed by atoms with van der Waals surface area (Å²) in [5, 5.41) is 13.7. The summed E-state index contributed by atoms with van der Waals surface area (Å²) in [6.45, 7) is 1.12. The number of aromatic carboxylic acids is 1. The minimum atomic E-state index is -1.02. The Labute approximate surface area is 145 Å². The number of carbonyl (C=O) groups is 2. The third-order valence-corrected chi connectivity index (χ3v) is 4.38. The van der Waals surface area contributed by atoms with Gasteiger partial charge in [0.1, 0.15) is 12.3 Å². The second-order valence-corrected chi connectivity index (χ2v) is 5.95. The van der Waals surface area contributed by atoms with Crippen molar-refractivity contribution in [3.05, 3.63) is 35.2 Å². The third kappa shape index (κ3) is 3.39. The fourth-order valence-electron chi connectivity index (χ4n) is 3.06. The van der Waals surface area contributed by atoms with Gasteiger partial charge in [-0.05, 0) is 24.1 Å². The van der Waals surface area contributed by atoms with E-state index in [-0.39, 0.29) is 18.1 Å². The molecule has 25 heavy (non-hydrogen) atoms. The normalized spacial score (nSPS) is 14.1. The largest absolute Gasteiger partial charge is 0.478 e. The number of fused-ring (bicyclic) bond motifs is 1. The molecule has 0 unspecified atom stereocenters. The highest BCUT2D eigenvalue weighted by atomic mass is 16.5. The number of carbonyl (C=O) groups excluding carboxylic acids is 1. The lowest BCUT2D eigenvalue weighted by molar-refractivity contribution is -0.135. The van der Waals surface area contributed by atoms with Crippen LogP contribution in [-0.4, -0.2) is 63.5 Å². The standard InChI is InChI=1S/C17H20N4O4/c1-20-14(3-6-18-20)16-12(17(23)24)9-11-4-7-21(15(22)10-25-2)8-5-13(11)19-16/h3,6,9H,4-5,7-8,10H2,1-2H3,(H,23,24). The Kier molecular flexibility index (Phi) is 4.80. The van der Waals surface area contributed by atoms with Crippen molar-refractivity contribution in [2.45, 2.75) is 12.8 Å². The quantitative estimate of drug-likeness (QED) is 0.879. The maximum absolute atomic E-state index is 12.1. The first-order chi connectivity index (χ1) is 12.0. The minimum absolute atomic E-state index is 0.0461. The summed E-state index contributed by atoms with van der Waals surface area (Å²) in [6, 6.07) is 3.42. The molecule has 0 saturated heterocycles. The van der Waals surface area contributed by atoms with Crippen LogP contribution in [0.5, 0.6) is 0 Å². The molecule has 1 amide bonds. The first kappa shape index (κ1) is 17.1. The molecule has 0 fully saturated rings. The van der Waals surface area contributed by atoms with Crippen LogP contribution in [0, 0.1) is 0 Å². The monoisotopic (exact) mass is 344 g/mol. The maximum atomic E-state index is 12.1. The van der Waals surface area contributed by atoms with E-state index in [1.165, 1.54) is 7.11 Å². The van der Waals surface area contributed by atoms with E-state index in [2.05, 4.69) is 10.1 Å². The molecule has 132 valence electrons. The summed E-state index contributed by atoms with van der Waals surface area (Å²) in [6.07, 6.45) is 2.76. The number of methoxy groups -OCH3 is 1. The lowest BCUT2D eigenvalue weighted by Gasteiger charge is -2.19. The number of ether oxygens (including phenoxy) is 1. The van der Waals surface area contributed by atoms with Gasteiger partial charge < -0.3 is 14.7 Å². The summed E-state index contributed by atoms with van der Waals surface area (Å²) < 4.78 is 6.52. The van der Waals surface area contributed by atoms with Crippen molar-refractivity contribution in [2.75, 3.05) is 26.8 Å². The van der Waals surface area contributed by atoms with Crippen molar-refractivity contribution in [3.63, 3.8) is 0 Å². The Morgan fingerprint density at radius 2 is 2.08 bits per heavy atom. The van der Waals surface area contributed by atoms with Crippen LogP contribution in [0.3, 0.4) is 0 Å². The summed E-state index contributed by atoms with van der Waals surface area (Å²) in [7, 11) is 3.24. The van der Waals surface area contributed by atoms with Crippen LogP contribution in [0.4, 0.5) is 0 Å².